The van der Waals surface area contributed by atoms with E-state index in [9.17, 15) is 14.0 Å². The van der Waals surface area contributed by atoms with Gasteiger partial charge in [-0.05, 0) is 31.9 Å². The van der Waals surface area contributed by atoms with Crippen LogP contribution in [0.3, 0.4) is 0 Å². The van der Waals surface area contributed by atoms with E-state index in [0.29, 0.717) is 17.7 Å². The molecule has 23 heavy (non-hydrogen) atoms. The lowest BCUT2D eigenvalue weighted by Gasteiger charge is -2.20. The lowest BCUT2D eigenvalue weighted by molar-refractivity contribution is 0.0952. The molecule has 1 aromatic heterocycles. The van der Waals surface area contributed by atoms with E-state index < -0.39 is 17.2 Å². The summed E-state index contributed by atoms with van der Waals surface area (Å²) >= 11 is 0. The molecule has 1 fully saturated rings. The number of pyridine rings is 1. The molecule has 1 aliphatic rings. The molecule has 0 saturated carbocycles. The molecule has 0 spiro atoms. The molecule has 0 atom stereocenters. The maximum Gasteiger partial charge on any atom is 0.270 e. The van der Waals surface area contributed by atoms with E-state index in [2.05, 4.69) is 0 Å². The Labute approximate surface area is 132 Å². The number of aromatic nitrogens is 1. The molecule has 6 nitrogen and oxygen atoms in total. The molecule has 0 bridgehead atoms. The van der Waals surface area contributed by atoms with Crippen molar-refractivity contribution in [1.82, 2.24) is 9.99 Å². The Morgan fingerprint density at radius 2 is 2.04 bits per heavy atom. The van der Waals surface area contributed by atoms with E-state index in [1.807, 2.05) is 17.2 Å². The Morgan fingerprint density at radius 3 is 2.65 bits per heavy atom. The van der Waals surface area contributed by atoms with Crippen LogP contribution in [-0.2, 0) is 6.54 Å². The minimum atomic E-state index is -0.678. The number of hydrogen-bond acceptors (Lipinski definition) is 4. The minimum absolute atomic E-state index is 0.0878. The van der Waals surface area contributed by atoms with Crippen LogP contribution in [0.25, 0.3) is 10.9 Å². The fourth-order valence-corrected chi connectivity index (χ4v) is 3.10. The summed E-state index contributed by atoms with van der Waals surface area (Å²) in [6, 6.07) is 2.93. The number of rotatable bonds is 3. The van der Waals surface area contributed by atoms with Crippen LogP contribution in [0.2, 0.25) is 0 Å². The van der Waals surface area contributed by atoms with Gasteiger partial charge < -0.3 is 9.47 Å². The first-order valence-corrected chi connectivity index (χ1v) is 7.69. The first-order valence-electron chi connectivity index (χ1n) is 7.69. The topological polar surface area (TPSA) is 80.4 Å². The maximum absolute atomic E-state index is 14.5. The summed E-state index contributed by atoms with van der Waals surface area (Å²) in [4.78, 5) is 26.2. The van der Waals surface area contributed by atoms with Gasteiger partial charge >= 0.3 is 0 Å². The Bertz CT molecular complexity index is 825. The quantitative estimate of drug-likeness (QED) is 0.509. The zero-order valence-electron chi connectivity index (χ0n) is 12.9. The molecule has 1 aromatic carbocycles. The number of fused-ring (bicyclic) bond motifs is 1. The summed E-state index contributed by atoms with van der Waals surface area (Å²) < 4.78 is 16.3. The van der Waals surface area contributed by atoms with E-state index in [0.717, 1.165) is 25.9 Å². The number of halogens is 1. The van der Waals surface area contributed by atoms with E-state index >= 15 is 0 Å². The molecule has 3 N–H and O–H groups in total. The van der Waals surface area contributed by atoms with Gasteiger partial charge in [0.05, 0.1) is 11.2 Å². The number of carbonyl (C=O) groups is 1. The number of nitrogens with two attached hydrogens (primary N) is 1. The second-order valence-corrected chi connectivity index (χ2v) is 5.65. The number of anilines is 1. The molecule has 2 aromatic rings. The lowest BCUT2D eigenvalue weighted by atomic mass is 10.1. The summed E-state index contributed by atoms with van der Waals surface area (Å²) in [6.07, 6.45) is 3.54. The molecule has 122 valence electrons. The molecule has 1 saturated heterocycles. The summed E-state index contributed by atoms with van der Waals surface area (Å²) in [7, 11) is 0. The predicted molar refractivity (Wildman–Crippen MR) is 86.9 cm³/mol. The second kappa shape index (κ2) is 6.00. The van der Waals surface area contributed by atoms with Crippen LogP contribution < -0.4 is 21.6 Å². The predicted octanol–water partition coefficient (Wildman–Crippen LogP) is 1.36. The van der Waals surface area contributed by atoms with E-state index in [4.69, 9.17) is 5.84 Å². The van der Waals surface area contributed by atoms with Gasteiger partial charge in [0.2, 0.25) is 5.43 Å². The first-order chi connectivity index (χ1) is 11.1. The third-order valence-corrected chi connectivity index (χ3v) is 4.31. The van der Waals surface area contributed by atoms with Gasteiger partial charge in [0.15, 0.2) is 0 Å². The Kier molecular flexibility index (Phi) is 4.04. The summed E-state index contributed by atoms with van der Waals surface area (Å²) in [5, 5.41) is 0.188. The molecule has 0 unspecified atom stereocenters. The van der Waals surface area contributed by atoms with Crippen molar-refractivity contribution in [2.45, 2.75) is 26.3 Å². The van der Waals surface area contributed by atoms with Crippen molar-refractivity contribution in [3.8, 4) is 0 Å². The van der Waals surface area contributed by atoms with Gasteiger partial charge in [-0.2, -0.15) is 0 Å². The summed E-state index contributed by atoms with van der Waals surface area (Å²) in [5.74, 6) is 4.00. The first kappa shape index (κ1) is 15.5. The van der Waals surface area contributed by atoms with Gasteiger partial charge in [0.25, 0.3) is 5.91 Å². The molecule has 0 aliphatic carbocycles. The molecule has 1 aliphatic heterocycles. The standard InChI is InChI=1S/C16H19FN4O2/c1-2-20-9-11(16(23)19-18)15(22)10-7-12(17)14(8-13(10)20)21-5-3-4-6-21/h7-9H,2-6,18H2,1H3,(H,19,23). The molecular weight excluding hydrogens is 299 g/mol. The van der Waals surface area contributed by atoms with Gasteiger partial charge in [0, 0.05) is 31.2 Å². The summed E-state index contributed by atoms with van der Waals surface area (Å²) in [6.45, 7) is 4.07. The Hall–Kier alpha value is -2.41. The zero-order valence-corrected chi connectivity index (χ0v) is 12.9. The number of hydrazine groups is 1. The van der Waals surface area contributed by atoms with Crippen molar-refractivity contribution in [3.05, 3.63) is 39.9 Å². The SMILES string of the molecule is CCn1cc(C(=O)NN)c(=O)c2cc(F)c(N3CCCC3)cc21. The number of carbonyl (C=O) groups excluding carboxylic acids is 1. The highest BCUT2D eigenvalue weighted by Gasteiger charge is 2.20. The highest BCUT2D eigenvalue weighted by molar-refractivity contribution is 5.97. The van der Waals surface area contributed by atoms with Gasteiger partial charge in [-0.1, -0.05) is 0 Å². The smallest absolute Gasteiger partial charge is 0.270 e. The van der Waals surface area contributed by atoms with E-state index in [1.165, 1.54) is 12.3 Å². The molecule has 2 heterocycles. The van der Waals surface area contributed by atoms with Crippen LogP contribution in [0, 0.1) is 5.82 Å². The van der Waals surface area contributed by atoms with Crippen LogP contribution in [0.4, 0.5) is 10.1 Å². The lowest BCUT2D eigenvalue weighted by Crippen LogP contribution is -2.34. The van der Waals surface area contributed by atoms with Gasteiger partial charge in [-0.25, -0.2) is 10.2 Å². The van der Waals surface area contributed by atoms with Gasteiger partial charge in [0.1, 0.15) is 11.4 Å². The molecular formula is C16H19FN4O2. The number of nitrogen functional groups attached to an aromatic ring is 1. The molecule has 7 heteroatoms. The van der Waals surface area contributed by atoms with Gasteiger partial charge in [-0.3, -0.25) is 15.0 Å². The molecule has 1 amide bonds. The Morgan fingerprint density at radius 1 is 1.35 bits per heavy atom. The number of benzene rings is 1. The van der Waals surface area contributed by atoms with Crippen molar-refractivity contribution in [3.63, 3.8) is 0 Å². The number of aryl methyl sites for hydroxylation is 1. The van der Waals surface area contributed by atoms with E-state index in [1.54, 1.807) is 10.6 Å². The minimum Gasteiger partial charge on any atom is -0.369 e. The third kappa shape index (κ3) is 2.57. The van der Waals surface area contributed by atoms with Crippen molar-refractivity contribution >= 4 is 22.5 Å². The fraction of sp³-hybridized carbons (Fsp3) is 0.375. The van der Waals surface area contributed by atoms with Crippen LogP contribution in [0.5, 0.6) is 0 Å². The zero-order chi connectivity index (χ0) is 16.6. The number of nitrogens with zero attached hydrogens (tertiary/aromatic N) is 2. The monoisotopic (exact) mass is 318 g/mol. The highest BCUT2D eigenvalue weighted by Crippen LogP contribution is 2.27. The number of amides is 1. The average Bonchev–Trinajstić information content (AvgIpc) is 3.08. The fourth-order valence-electron chi connectivity index (χ4n) is 3.10. The summed E-state index contributed by atoms with van der Waals surface area (Å²) in [5.41, 5.74) is 2.48. The van der Waals surface area contributed by atoms with Crippen LogP contribution in [0.15, 0.2) is 23.1 Å². The highest BCUT2D eigenvalue weighted by atomic mass is 19.1. The molecule has 3 rings (SSSR count). The second-order valence-electron chi connectivity index (χ2n) is 5.65. The van der Waals surface area contributed by atoms with Crippen molar-refractivity contribution in [1.29, 1.82) is 0 Å². The number of nitrogens with one attached hydrogen (secondary N) is 1. The van der Waals surface area contributed by atoms with Crippen LogP contribution in [0.1, 0.15) is 30.1 Å². The van der Waals surface area contributed by atoms with Crippen LogP contribution in [-0.4, -0.2) is 23.6 Å². The van der Waals surface area contributed by atoms with Crippen LogP contribution >= 0.6 is 0 Å². The van der Waals surface area contributed by atoms with Crippen molar-refractivity contribution in [2.24, 2.45) is 5.84 Å². The maximum atomic E-state index is 14.5. The van der Waals surface area contributed by atoms with Crippen molar-refractivity contribution in [2.75, 3.05) is 18.0 Å². The third-order valence-electron chi connectivity index (χ3n) is 4.31. The Balaban J connectivity index is 2.27. The number of hydrogen-bond donors (Lipinski definition) is 2. The van der Waals surface area contributed by atoms with E-state index in [-0.39, 0.29) is 10.9 Å². The van der Waals surface area contributed by atoms with Crippen molar-refractivity contribution < 1.29 is 9.18 Å². The normalized spacial score (nSPS) is 14.5. The largest absolute Gasteiger partial charge is 0.369 e. The molecule has 0 radical (unpaired) electrons. The average molecular weight is 318 g/mol. The van der Waals surface area contributed by atoms with Gasteiger partial charge in [-0.15, -0.1) is 0 Å².